The number of fused-ring (bicyclic) bond motifs is 1. The number of nitrogens with one attached hydrogen (secondary N) is 1. The third-order valence-corrected chi connectivity index (χ3v) is 5.65. The van der Waals surface area contributed by atoms with Gasteiger partial charge in [-0.05, 0) is 31.9 Å². The third kappa shape index (κ3) is 3.74. The van der Waals surface area contributed by atoms with Crippen molar-refractivity contribution in [3.05, 3.63) is 52.0 Å². The van der Waals surface area contributed by atoms with Crippen molar-refractivity contribution in [1.29, 1.82) is 0 Å². The average Bonchev–Trinajstić information content (AvgIpc) is 3.46. The first-order valence-corrected chi connectivity index (χ1v) is 10.3. The van der Waals surface area contributed by atoms with E-state index >= 15 is 0 Å². The van der Waals surface area contributed by atoms with Gasteiger partial charge in [0.1, 0.15) is 17.8 Å². The van der Waals surface area contributed by atoms with Crippen LogP contribution in [0.5, 0.6) is 0 Å². The summed E-state index contributed by atoms with van der Waals surface area (Å²) in [5.74, 6) is 1.20. The summed E-state index contributed by atoms with van der Waals surface area (Å²) in [6.45, 7) is 4.45. The number of nitrogens with zero attached hydrogens (tertiary/aromatic N) is 7. The maximum atomic E-state index is 12.3. The van der Waals surface area contributed by atoms with Gasteiger partial charge < -0.3 is 15.1 Å². The molecule has 160 valence electrons. The maximum absolute atomic E-state index is 12.3. The molecule has 0 bridgehead atoms. The lowest BCUT2D eigenvalue weighted by atomic mass is 10.1. The largest absolute Gasteiger partial charge is 0.362 e. The molecule has 31 heavy (non-hydrogen) atoms. The fraction of sp³-hybridized carbons (Fsp3) is 0.400. The zero-order valence-corrected chi connectivity index (χ0v) is 17.1. The van der Waals surface area contributed by atoms with Crippen molar-refractivity contribution < 1.29 is 9.72 Å². The quantitative estimate of drug-likeness (QED) is 0.486. The van der Waals surface area contributed by atoms with Crippen molar-refractivity contribution in [2.75, 3.05) is 36.0 Å². The number of rotatable bonds is 5. The van der Waals surface area contributed by atoms with Crippen LogP contribution in [0, 0.1) is 17.0 Å². The van der Waals surface area contributed by atoms with Crippen LogP contribution >= 0.6 is 0 Å². The molecule has 2 aromatic heterocycles. The van der Waals surface area contributed by atoms with E-state index in [0.29, 0.717) is 43.2 Å². The van der Waals surface area contributed by atoms with Gasteiger partial charge in [0, 0.05) is 55.6 Å². The van der Waals surface area contributed by atoms with Gasteiger partial charge in [0.2, 0.25) is 0 Å². The number of piperazine rings is 1. The van der Waals surface area contributed by atoms with Gasteiger partial charge in [-0.1, -0.05) is 0 Å². The highest BCUT2D eigenvalue weighted by molar-refractivity contribution is 5.96. The molecule has 1 aliphatic heterocycles. The van der Waals surface area contributed by atoms with Gasteiger partial charge in [-0.2, -0.15) is 14.6 Å². The van der Waals surface area contributed by atoms with Gasteiger partial charge in [0.25, 0.3) is 17.4 Å². The van der Waals surface area contributed by atoms with Crippen LogP contribution in [0.2, 0.25) is 0 Å². The summed E-state index contributed by atoms with van der Waals surface area (Å²) in [5, 5.41) is 18.9. The fourth-order valence-corrected chi connectivity index (χ4v) is 3.89. The minimum absolute atomic E-state index is 0.0460. The summed E-state index contributed by atoms with van der Waals surface area (Å²) >= 11 is 0. The number of amides is 1. The molecular weight excluding hydrogens is 400 g/mol. The second-order valence-corrected chi connectivity index (χ2v) is 7.91. The molecule has 1 amide bonds. The topological polar surface area (TPSA) is 122 Å². The Morgan fingerprint density at radius 1 is 1.16 bits per heavy atom. The van der Waals surface area contributed by atoms with Crippen LogP contribution in [0.4, 0.5) is 17.2 Å². The number of aryl methyl sites for hydroxylation is 1. The lowest BCUT2D eigenvalue weighted by Gasteiger charge is -2.36. The zero-order chi connectivity index (χ0) is 21.5. The number of anilines is 2. The summed E-state index contributed by atoms with van der Waals surface area (Å²) in [5.41, 5.74) is 1.66. The second-order valence-electron chi connectivity index (χ2n) is 7.91. The SMILES string of the molecule is Cc1cc(N2CCN(c3ccc(C(=O)NC4CC4)cc3[N+](=O)[O-])CC2)n2ncnc2n1. The van der Waals surface area contributed by atoms with E-state index < -0.39 is 4.92 Å². The van der Waals surface area contributed by atoms with Crippen LogP contribution in [0.3, 0.4) is 0 Å². The minimum atomic E-state index is -0.416. The molecule has 1 N–H and O–H groups in total. The Kier molecular flexibility index (Phi) is 4.64. The number of nitro groups is 1. The number of hydrogen-bond donors (Lipinski definition) is 1. The minimum Gasteiger partial charge on any atom is -0.362 e. The van der Waals surface area contributed by atoms with Crippen molar-refractivity contribution in [2.45, 2.75) is 25.8 Å². The molecule has 1 saturated carbocycles. The Labute approximate surface area is 177 Å². The van der Waals surface area contributed by atoms with Crippen molar-refractivity contribution >= 4 is 28.9 Å². The van der Waals surface area contributed by atoms with Crippen molar-refractivity contribution in [2.24, 2.45) is 0 Å². The van der Waals surface area contributed by atoms with E-state index in [1.54, 1.807) is 16.6 Å². The Morgan fingerprint density at radius 2 is 1.90 bits per heavy atom. The first-order chi connectivity index (χ1) is 15.0. The van der Waals surface area contributed by atoms with E-state index in [4.69, 9.17) is 0 Å². The molecule has 0 radical (unpaired) electrons. The molecule has 2 fully saturated rings. The van der Waals surface area contributed by atoms with Crippen LogP contribution in [0.1, 0.15) is 28.9 Å². The Balaban J connectivity index is 1.35. The van der Waals surface area contributed by atoms with Crippen molar-refractivity contribution in [3.63, 3.8) is 0 Å². The van der Waals surface area contributed by atoms with E-state index in [2.05, 4.69) is 25.3 Å². The molecule has 0 spiro atoms. The van der Waals surface area contributed by atoms with E-state index in [1.807, 2.05) is 17.9 Å². The highest BCUT2D eigenvalue weighted by atomic mass is 16.6. The molecule has 1 aromatic carbocycles. The molecule has 3 heterocycles. The molecule has 1 saturated heterocycles. The third-order valence-electron chi connectivity index (χ3n) is 5.65. The number of carbonyl (C=O) groups is 1. The number of hydrogen-bond acceptors (Lipinski definition) is 8. The van der Waals surface area contributed by atoms with Gasteiger partial charge in [-0.3, -0.25) is 14.9 Å². The van der Waals surface area contributed by atoms with Gasteiger partial charge in [0.15, 0.2) is 0 Å². The molecule has 2 aliphatic rings. The molecule has 3 aromatic rings. The number of aromatic nitrogens is 4. The second kappa shape index (κ2) is 7.49. The normalized spacial score (nSPS) is 16.5. The molecular formula is C20H22N8O3. The zero-order valence-electron chi connectivity index (χ0n) is 17.1. The molecule has 5 rings (SSSR count). The Hall–Kier alpha value is -3.76. The van der Waals surface area contributed by atoms with Crippen LogP contribution in [-0.4, -0.2) is 62.6 Å². The van der Waals surface area contributed by atoms with Crippen molar-refractivity contribution in [1.82, 2.24) is 24.9 Å². The Bertz CT molecular complexity index is 1160. The summed E-state index contributed by atoms with van der Waals surface area (Å²) in [7, 11) is 0. The van der Waals surface area contributed by atoms with Gasteiger partial charge in [-0.25, -0.2) is 4.98 Å². The first kappa shape index (κ1) is 19.2. The summed E-state index contributed by atoms with van der Waals surface area (Å²) < 4.78 is 1.71. The smallest absolute Gasteiger partial charge is 0.293 e. The predicted molar refractivity (Wildman–Crippen MR) is 114 cm³/mol. The Morgan fingerprint density at radius 3 is 2.61 bits per heavy atom. The fourth-order valence-electron chi connectivity index (χ4n) is 3.89. The lowest BCUT2D eigenvalue weighted by Crippen LogP contribution is -2.47. The highest BCUT2D eigenvalue weighted by Crippen LogP contribution is 2.31. The average molecular weight is 422 g/mol. The van der Waals surface area contributed by atoms with Gasteiger partial charge in [-0.15, -0.1) is 0 Å². The van der Waals surface area contributed by atoms with Crippen molar-refractivity contribution in [3.8, 4) is 0 Å². The van der Waals surface area contributed by atoms with Crippen LogP contribution in [0.25, 0.3) is 5.78 Å². The monoisotopic (exact) mass is 422 g/mol. The number of carbonyl (C=O) groups excluding carboxylic acids is 1. The first-order valence-electron chi connectivity index (χ1n) is 10.3. The summed E-state index contributed by atoms with van der Waals surface area (Å²) in [6.07, 6.45) is 3.41. The van der Waals surface area contributed by atoms with Gasteiger partial charge in [0.05, 0.1) is 4.92 Å². The summed E-state index contributed by atoms with van der Waals surface area (Å²) in [6, 6.07) is 6.89. The molecule has 1 aliphatic carbocycles. The molecule has 11 heteroatoms. The summed E-state index contributed by atoms with van der Waals surface area (Å²) in [4.78, 5) is 36.3. The van der Waals surface area contributed by atoms with E-state index in [1.165, 1.54) is 12.4 Å². The predicted octanol–water partition coefficient (Wildman–Crippen LogP) is 1.56. The number of benzene rings is 1. The standard InChI is InChI=1S/C20H22N8O3/c1-13-10-18(27-20(23-13)21-12-22-27)26-8-6-25(7-9-26)16-5-2-14(11-17(16)28(30)31)19(29)24-15-3-4-15/h2,5,10-12,15H,3-4,6-9H2,1H3,(H,24,29). The van der Waals surface area contributed by atoms with Crippen LogP contribution in [0.15, 0.2) is 30.6 Å². The van der Waals surface area contributed by atoms with Gasteiger partial charge >= 0.3 is 0 Å². The maximum Gasteiger partial charge on any atom is 0.293 e. The van der Waals surface area contributed by atoms with E-state index in [9.17, 15) is 14.9 Å². The molecule has 0 atom stereocenters. The van der Waals surface area contributed by atoms with Crippen LogP contribution in [-0.2, 0) is 0 Å². The molecule has 11 nitrogen and oxygen atoms in total. The lowest BCUT2D eigenvalue weighted by molar-refractivity contribution is -0.384. The number of nitro benzene ring substituents is 1. The highest BCUT2D eigenvalue weighted by Gasteiger charge is 2.28. The van der Waals surface area contributed by atoms with Crippen LogP contribution < -0.4 is 15.1 Å². The van der Waals surface area contributed by atoms with E-state index in [-0.39, 0.29) is 17.6 Å². The molecule has 0 unspecified atom stereocenters. The van der Waals surface area contributed by atoms with E-state index in [0.717, 1.165) is 24.4 Å².